The Morgan fingerprint density at radius 2 is 1.24 bits per heavy atom. The van der Waals surface area contributed by atoms with Crippen molar-refractivity contribution >= 4 is 38.6 Å². The summed E-state index contributed by atoms with van der Waals surface area (Å²) in [7, 11) is 0. The Labute approximate surface area is 163 Å². The van der Waals surface area contributed by atoms with Crippen molar-refractivity contribution in [1.82, 2.24) is 9.97 Å². The molecule has 0 saturated carbocycles. The van der Waals surface area contributed by atoms with E-state index in [1.54, 1.807) is 22.7 Å². The Hall–Kier alpha value is -1.82. The summed E-state index contributed by atoms with van der Waals surface area (Å²) >= 11 is 6.76. The topological polar surface area (TPSA) is 25.8 Å². The molecule has 0 N–H and O–H groups in total. The molecule has 0 aliphatic rings. The Morgan fingerprint density at radius 1 is 0.760 bits per heavy atom. The number of thiazole rings is 2. The molecule has 124 valence electrons. The third-order valence-corrected chi connectivity index (χ3v) is 6.35. The first-order valence-corrected chi connectivity index (χ1v) is 10.5. The molecule has 0 fully saturated rings. The molecule has 5 heteroatoms. The summed E-state index contributed by atoms with van der Waals surface area (Å²) in [4.78, 5) is 9.55. The zero-order valence-electron chi connectivity index (χ0n) is 13.6. The van der Waals surface area contributed by atoms with E-state index in [2.05, 4.69) is 70.0 Å². The lowest BCUT2D eigenvalue weighted by Crippen LogP contribution is -1.82. The van der Waals surface area contributed by atoms with Gasteiger partial charge in [0.25, 0.3) is 0 Å². The van der Waals surface area contributed by atoms with Gasteiger partial charge in [-0.1, -0.05) is 59.3 Å². The summed E-state index contributed by atoms with van der Waals surface area (Å²) in [5, 5.41) is 6.15. The molecule has 0 atom stereocenters. The first-order chi connectivity index (χ1) is 12.2. The van der Waals surface area contributed by atoms with E-state index in [0.717, 1.165) is 43.4 Å². The van der Waals surface area contributed by atoms with Crippen LogP contribution in [0.5, 0.6) is 0 Å². The van der Waals surface area contributed by atoms with Gasteiger partial charge in [0, 0.05) is 26.4 Å². The molecule has 0 spiro atoms. The van der Waals surface area contributed by atoms with Crippen LogP contribution < -0.4 is 0 Å². The summed E-state index contributed by atoms with van der Waals surface area (Å²) < 4.78 is 1.07. The number of hydrogen-bond donors (Lipinski definition) is 0. The minimum Gasteiger partial charge on any atom is -0.233 e. The van der Waals surface area contributed by atoms with E-state index in [1.165, 1.54) is 5.56 Å². The van der Waals surface area contributed by atoms with Crippen LogP contribution in [0, 0.1) is 0 Å². The maximum Gasteiger partial charge on any atom is 0.152 e. The van der Waals surface area contributed by atoms with Crippen molar-refractivity contribution in [1.29, 1.82) is 0 Å². The zero-order chi connectivity index (χ0) is 17.2. The number of nitrogens with zero attached hydrogens (tertiary/aromatic N) is 2. The molecule has 2 aromatic carbocycles. The summed E-state index contributed by atoms with van der Waals surface area (Å²) in [6, 6.07) is 16.9. The maximum atomic E-state index is 4.79. The van der Waals surface area contributed by atoms with E-state index in [-0.39, 0.29) is 0 Å². The highest BCUT2D eigenvalue weighted by atomic mass is 79.9. The molecular formula is C20H15BrN2S2. The largest absolute Gasteiger partial charge is 0.233 e. The van der Waals surface area contributed by atoms with Crippen LogP contribution in [0.25, 0.3) is 32.5 Å². The molecule has 2 heterocycles. The van der Waals surface area contributed by atoms with Crippen LogP contribution in [-0.2, 0) is 6.42 Å². The van der Waals surface area contributed by atoms with Crippen molar-refractivity contribution in [2.75, 3.05) is 0 Å². The highest BCUT2D eigenvalue weighted by Crippen LogP contribution is 2.33. The predicted molar refractivity (Wildman–Crippen MR) is 111 cm³/mol. The van der Waals surface area contributed by atoms with Gasteiger partial charge >= 0.3 is 0 Å². The van der Waals surface area contributed by atoms with E-state index < -0.39 is 0 Å². The van der Waals surface area contributed by atoms with Crippen molar-refractivity contribution in [3.05, 3.63) is 69.3 Å². The normalized spacial score (nSPS) is 11.0. The highest BCUT2D eigenvalue weighted by Gasteiger charge is 2.11. The summed E-state index contributed by atoms with van der Waals surface area (Å²) in [5.74, 6) is 0. The van der Waals surface area contributed by atoms with Gasteiger partial charge in [0.1, 0.15) is 0 Å². The van der Waals surface area contributed by atoms with Crippen LogP contribution in [0.1, 0.15) is 12.5 Å². The van der Waals surface area contributed by atoms with Crippen LogP contribution in [0.15, 0.2) is 63.8 Å². The van der Waals surface area contributed by atoms with Crippen molar-refractivity contribution < 1.29 is 0 Å². The second kappa shape index (κ2) is 7.20. The highest BCUT2D eigenvalue weighted by molar-refractivity contribution is 9.10. The second-order valence-corrected chi connectivity index (χ2v) is 8.27. The van der Waals surface area contributed by atoms with Crippen LogP contribution in [0.3, 0.4) is 0 Å². The molecule has 0 saturated heterocycles. The Balaban J connectivity index is 1.60. The quantitative estimate of drug-likeness (QED) is 0.353. The van der Waals surface area contributed by atoms with Gasteiger partial charge in [-0.3, -0.25) is 0 Å². The van der Waals surface area contributed by atoms with Crippen molar-refractivity contribution in [3.63, 3.8) is 0 Å². The molecule has 0 bridgehead atoms. The lowest BCUT2D eigenvalue weighted by molar-refractivity contribution is 1.14. The van der Waals surface area contributed by atoms with E-state index >= 15 is 0 Å². The third kappa shape index (κ3) is 3.59. The van der Waals surface area contributed by atoms with Gasteiger partial charge in [-0.15, -0.1) is 22.7 Å². The summed E-state index contributed by atoms with van der Waals surface area (Å²) in [5.41, 5.74) is 5.64. The van der Waals surface area contributed by atoms with Crippen LogP contribution in [0.2, 0.25) is 0 Å². The van der Waals surface area contributed by atoms with Crippen molar-refractivity contribution in [2.45, 2.75) is 13.3 Å². The molecular weight excluding hydrogens is 412 g/mol. The predicted octanol–water partition coefficient (Wildman–Crippen LogP) is 6.93. The van der Waals surface area contributed by atoms with Gasteiger partial charge in [0.15, 0.2) is 10.0 Å². The van der Waals surface area contributed by atoms with Gasteiger partial charge in [0.05, 0.1) is 11.4 Å². The van der Waals surface area contributed by atoms with Gasteiger partial charge in [0.2, 0.25) is 0 Å². The molecule has 4 rings (SSSR count). The smallest absolute Gasteiger partial charge is 0.152 e. The molecule has 0 aliphatic carbocycles. The van der Waals surface area contributed by atoms with Gasteiger partial charge < -0.3 is 0 Å². The number of hydrogen-bond acceptors (Lipinski definition) is 4. The first kappa shape index (κ1) is 16.6. The lowest BCUT2D eigenvalue weighted by atomic mass is 10.1. The molecule has 0 radical (unpaired) electrons. The molecule has 2 nitrogen and oxygen atoms in total. The standard InChI is InChI=1S/C20H15BrN2S2/c1-2-13-3-5-14(6-4-13)17-11-24-19(22-17)20-23-18(12-25-20)15-7-9-16(21)10-8-15/h3-12H,2H2,1H3. The van der Waals surface area contributed by atoms with E-state index in [0.29, 0.717) is 0 Å². The van der Waals surface area contributed by atoms with Gasteiger partial charge in [-0.25, -0.2) is 9.97 Å². The van der Waals surface area contributed by atoms with E-state index in [4.69, 9.17) is 9.97 Å². The monoisotopic (exact) mass is 426 g/mol. The van der Waals surface area contributed by atoms with Crippen LogP contribution in [0.4, 0.5) is 0 Å². The molecule has 0 amide bonds. The Kier molecular flexibility index (Phi) is 4.79. The fourth-order valence-corrected chi connectivity index (χ4v) is 4.51. The van der Waals surface area contributed by atoms with Crippen molar-refractivity contribution in [2.24, 2.45) is 0 Å². The summed E-state index contributed by atoms with van der Waals surface area (Å²) in [6.07, 6.45) is 1.06. The number of aromatic nitrogens is 2. The number of benzene rings is 2. The SMILES string of the molecule is CCc1ccc(-c2csc(-c3nc(-c4ccc(Br)cc4)cs3)n2)cc1. The fourth-order valence-electron chi connectivity index (χ4n) is 2.54. The van der Waals surface area contributed by atoms with Crippen LogP contribution in [-0.4, -0.2) is 9.97 Å². The van der Waals surface area contributed by atoms with E-state index in [1.807, 2.05) is 12.1 Å². The fraction of sp³-hybridized carbons (Fsp3) is 0.100. The van der Waals surface area contributed by atoms with Crippen LogP contribution >= 0.6 is 38.6 Å². The number of rotatable bonds is 4. The summed E-state index contributed by atoms with van der Waals surface area (Å²) in [6.45, 7) is 2.17. The first-order valence-electron chi connectivity index (χ1n) is 7.99. The number of aryl methyl sites for hydroxylation is 1. The minimum absolute atomic E-state index is 0.972. The molecule has 0 unspecified atom stereocenters. The molecule has 2 aromatic heterocycles. The van der Waals surface area contributed by atoms with Crippen molar-refractivity contribution in [3.8, 4) is 32.5 Å². The average molecular weight is 427 g/mol. The molecule has 25 heavy (non-hydrogen) atoms. The minimum atomic E-state index is 0.972. The van der Waals surface area contributed by atoms with E-state index in [9.17, 15) is 0 Å². The Morgan fingerprint density at radius 3 is 1.72 bits per heavy atom. The number of halogens is 1. The molecule has 4 aromatic rings. The maximum absolute atomic E-state index is 4.79. The molecule has 0 aliphatic heterocycles. The third-order valence-electron chi connectivity index (χ3n) is 3.99. The zero-order valence-corrected chi connectivity index (χ0v) is 16.8. The average Bonchev–Trinajstić information content (AvgIpc) is 3.32. The van der Waals surface area contributed by atoms with Gasteiger partial charge in [-0.05, 0) is 24.1 Å². The second-order valence-electron chi connectivity index (χ2n) is 5.63. The van der Waals surface area contributed by atoms with Gasteiger partial charge in [-0.2, -0.15) is 0 Å². The Bertz CT molecular complexity index is 985. The lowest BCUT2D eigenvalue weighted by Gasteiger charge is -1.99.